The first-order valence-corrected chi connectivity index (χ1v) is 6.75. The zero-order chi connectivity index (χ0) is 13.0. The van der Waals surface area contributed by atoms with Gasteiger partial charge in [-0.25, -0.2) is 0 Å². The number of benzene rings is 1. The van der Waals surface area contributed by atoms with Crippen LogP contribution in [0.3, 0.4) is 0 Å². The van der Waals surface area contributed by atoms with E-state index in [1.54, 1.807) is 0 Å². The molecule has 1 unspecified atom stereocenters. The molecule has 1 atom stereocenters. The molecule has 1 aromatic carbocycles. The number of rotatable bonds is 4. The fourth-order valence-electron chi connectivity index (χ4n) is 2.78. The van der Waals surface area contributed by atoms with Crippen molar-refractivity contribution >= 4 is 5.91 Å². The highest BCUT2D eigenvalue weighted by Gasteiger charge is 2.28. The fourth-order valence-corrected chi connectivity index (χ4v) is 2.78. The fraction of sp³-hybridized carbons (Fsp3) is 0.533. The number of hydrogen-bond acceptors (Lipinski definition) is 2. The van der Waals surface area contributed by atoms with Crippen LogP contribution in [0.5, 0.6) is 0 Å². The third-order valence-corrected chi connectivity index (χ3v) is 3.96. The van der Waals surface area contributed by atoms with E-state index in [4.69, 9.17) is 5.73 Å². The molecule has 1 aromatic rings. The first-order chi connectivity index (χ1) is 8.74. The van der Waals surface area contributed by atoms with E-state index >= 15 is 0 Å². The van der Waals surface area contributed by atoms with E-state index in [9.17, 15) is 4.79 Å². The Morgan fingerprint density at radius 1 is 1.33 bits per heavy atom. The number of hydrogen-bond donors (Lipinski definition) is 1. The lowest BCUT2D eigenvalue weighted by molar-refractivity contribution is -0.133. The van der Waals surface area contributed by atoms with Gasteiger partial charge in [0, 0.05) is 19.6 Å². The highest BCUT2D eigenvalue weighted by atomic mass is 16.2. The van der Waals surface area contributed by atoms with Crippen LogP contribution < -0.4 is 5.73 Å². The van der Waals surface area contributed by atoms with Crippen molar-refractivity contribution in [3.8, 4) is 0 Å². The van der Waals surface area contributed by atoms with E-state index in [0.717, 1.165) is 18.4 Å². The normalized spacial score (nSPS) is 17.7. The first kappa shape index (κ1) is 13.1. The molecule has 0 spiro atoms. The maximum Gasteiger partial charge on any atom is 0.231 e. The van der Waals surface area contributed by atoms with Crippen molar-refractivity contribution in [3.05, 3.63) is 35.9 Å². The van der Waals surface area contributed by atoms with Gasteiger partial charge in [-0.15, -0.1) is 0 Å². The third-order valence-electron chi connectivity index (χ3n) is 3.96. The van der Waals surface area contributed by atoms with Gasteiger partial charge >= 0.3 is 0 Å². The summed E-state index contributed by atoms with van der Waals surface area (Å²) in [5.74, 6) is -0.0348. The maximum absolute atomic E-state index is 12.5. The van der Waals surface area contributed by atoms with Gasteiger partial charge in [-0.3, -0.25) is 4.79 Å². The lowest BCUT2D eigenvalue weighted by atomic mass is 9.97. The van der Waals surface area contributed by atoms with Crippen molar-refractivity contribution in [1.82, 2.24) is 4.90 Å². The van der Waals surface area contributed by atoms with Crippen molar-refractivity contribution < 1.29 is 4.79 Å². The van der Waals surface area contributed by atoms with Crippen LogP contribution >= 0.6 is 0 Å². The topological polar surface area (TPSA) is 46.3 Å². The summed E-state index contributed by atoms with van der Waals surface area (Å²) in [6.07, 6.45) is 4.74. The molecule has 1 fully saturated rings. The van der Waals surface area contributed by atoms with Crippen molar-refractivity contribution in [3.63, 3.8) is 0 Å². The molecule has 1 saturated carbocycles. The molecule has 3 nitrogen and oxygen atoms in total. The second-order valence-electron chi connectivity index (χ2n) is 5.09. The molecule has 98 valence electrons. The van der Waals surface area contributed by atoms with Crippen LogP contribution in [0.4, 0.5) is 0 Å². The van der Waals surface area contributed by atoms with Crippen LogP contribution in [0.15, 0.2) is 30.3 Å². The number of nitrogens with two attached hydrogens (primary N) is 1. The van der Waals surface area contributed by atoms with Crippen LogP contribution in [0, 0.1) is 0 Å². The molecule has 3 heteroatoms. The molecule has 0 heterocycles. The first-order valence-electron chi connectivity index (χ1n) is 6.75. The molecule has 18 heavy (non-hydrogen) atoms. The van der Waals surface area contributed by atoms with Gasteiger partial charge in [0.25, 0.3) is 0 Å². The molecule has 1 aliphatic carbocycles. The third kappa shape index (κ3) is 2.72. The summed E-state index contributed by atoms with van der Waals surface area (Å²) in [4.78, 5) is 14.4. The van der Waals surface area contributed by atoms with E-state index in [2.05, 4.69) is 0 Å². The van der Waals surface area contributed by atoms with Crippen molar-refractivity contribution in [2.75, 3.05) is 13.6 Å². The summed E-state index contributed by atoms with van der Waals surface area (Å²) >= 11 is 0. The zero-order valence-corrected chi connectivity index (χ0v) is 11.0. The van der Waals surface area contributed by atoms with Gasteiger partial charge in [-0.05, 0) is 18.4 Å². The minimum Gasteiger partial charge on any atom is -0.342 e. The van der Waals surface area contributed by atoms with E-state index in [1.165, 1.54) is 12.8 Å². The molecule has 0 saturated heterocycles. The average molecular weight is 246 g/mol. The second kappa shape index (κ2) is 6.01. The standard InChI is InChI=1S/C15H22N2O/c1-17(13-9-5-6-10-13)15(18)14(11-16)12-7-3-2-4-8-12/h2-4,7-8,13-14H,5-6,9-11,16H2,1H3. The van der Waals surface area contributed by atoms with E-state index in [1.807, 2.05) is 42.3 Å². The van der Waals surface area contributed by atoms with Crippen molar-refractivity contribution in [1.29, 1.82) is 0 Å². The molecule has 0 radical (unpaired) electrons. The summed E-state index contributed by atoms with van der Waals surface area (Å²) in [6, 6.07) is 10.3. The van der Waals surface area contributed by atoms with Gasteiger partial charge in [0.15, 0.2) is 0 Å². The SMILES string of the molecule is CN(C(=O)C(CN)c1ccccc1)C1CCCC1. The molecule has 2 rings (SSSR count). The predicted molar refractivity (Wildman–Crippen MR) is 73.3 cm³/mol. The minimum atomic E-state index is -0.197. The van der Waals surface area contributed by atoms with Gasteiger partial charge in [-0.1, -0.05) is 43.2 Å². The summed E-state index contributed by atoms with van der Waals surface area (Å²) in [5.41, 5.74) is 6.82. The van der Waals surface area contributed by atoms with Crippen molar-refractivity contribution in [2.45, 2.75) is 37.6 Å². The Kier molecular flexibility index (Phi) is 4.37. The summed E-state index contributed by atoms with van der Waals surface area (Å²) in [7, 11) is 1.92. The summed E-state index contributed by atoms with van der Waals surface area (Å²) < 4.78 is 0. The highest BCUT2D eigenvalue weighted by molar-refractivity contribution is 5.84. The van der Waals surface area contributed by atoms with Gasteiger partial charge in [0.1, 0.15) is 0 Å². The van der Waals surface area contributed by atoms with Crippen LogP contribution in [-0.2, 0) is 4.79 Å². The van der Waals surface area contributed by atoms with Crippen LogP contribution in [-0.4, -0.2) is 30.4 Å². The molecule has 2 N–H and O–H groups in total. The highest BCUT2D eigenvalue weighted by Crippen LogP contribution is 2.25. The smallest absolute Gasteiger partial charge is 0.231 e. The van der Waals surface area contributed by atoms with Crippen LogP contribution in [0.2, 0.25) is 0 Å². The van der Waals surface area contributed by atoms with E-state index in [-0.39, 0.29) is 11.8 Å². The molecular weight excluding hydrogens is 224 g/mol. The number of likely N-dealkylation sites (N-methyl/N-ethyl adjacent to an activating group) is 1. The lowest BCUT2D eigenvalue weighted by Gasteiger charge is -2.28. The number of amides is 1. The Balaban J connectivity index is 2.10. The summed E-state index contributed by atoms with van der Waals surface area (Å²) in [5, 5.41) is 0. The summed E-state index contributed by atoms with van der Waals surface area (Å²) in [6.45, 7) is 0.375. The Morgan fingerprint density at radius 2 is 1.94 bits per heavy atom. The van der Waals surface area contributed by atoms with Gasteiger partial charge in [0.2, 0.25) is 5.91 Å². The molecule has 0 aliphatic heterocycles. The van der Waals surface area contributed by atoms with Crippen LogP contribution in [0.25, 0.3) is 0 Å². The average Bonchev–Trinajstić information content (AvgIpc) is 2.94. The zero-order valence-electron chi connectivity index (χ0n) is 11.0. The van der Waals surface area contributed by atoms with Gasteiger partial charge in [-0.2, -0.15) is 0 Å². The molecular formula is C15H22N2O. The van der Waals surface area contributed by atoms with Gasteiger partial charge < -0.3 is 10.6 Å². The number of carbonyl (C=O) groups is 1. The second-order valence-corrected chi connectivity index (χ2v) is 5.09. The molecule has 0 aromatic heterocycles. The van der Waals surface area contributed by atoms with Gasteiger partial charge in [0.05, 0.1) is 5.92 Å². The minimum absolute atomic E-state index is 0.163. The molecule has 0 bridgehead atoms. The van der Waals surface area contributed by atoms with Crippen LogP contribution in [0.1, 0.15) is 37.2 Å². The Bertz CT molecular complexity index is 385. The van der Waals surface area contributed by atoms with E-state index < -0.39 is 0 Å². The Hall–Kier alpha value is -1.35. The largest absolute Gasteiger partial charge is 0.342 e. The Morgan fingerprint density at radius 3 is 2.50 bits per heavy atom. The molecule has 1 amide bonds. The lowest BCUT2D eigenvalue weighted by Crippen LogP contribution is -2.40. The Labute approximate surface area is 109 Å². The number of nitrogens with zero attached hydrogens (tertiary/aromatic N) is 1. The maximum atomic E-state index is 12.5. The quantitative estimate of drug-likeness (QED) is 0.884. The molecule has 1 aliphatic rings. The van der Waals surface area contributed by atoms with E-state index in [0.29, 0.717) is 12.6 Å². The van der Waals surface area contributed by atoms with Crippen molar-refractivity contribution in [2.24, 2.45) is 5.73 Å². The number of carbonyl (C=O) groups excluding carboxylic acids is 1. The monoisotopic (exact) mass is 246 g/mol. The predicted octanol–water partition coefficient (Wildman–Crippen LogP) is 2.13.